The minimum atomic E-state index is -0.250. The fourth-order valence-corrected chi connectivity index (χ4v) is 4.96. The maximum atomic E-state index is 12.5. The van der Waals surface area contributed by atoms with Gasteiger partial charge in [0.25, 0.3) is 5.91 Å². The van der Waals surface area contributed by atoms with Crippen LogP contribution in [0.1, 0.15) is 53.9 Å². The normalized spacial score (nSPS) is 24.3. The second-order valence-electron chi connectivity index (χ2n) is 7.58. The lowest BCUT2D eigenvalue weighted by atomic mass is 9.66. The Bertz CT molecular complexity index is 859. The quantitative estimate of drug-likeness (QED) is 0.547. The number of hydrogen-bond acceptors (Lipinski definition) is 1. The third-order valence-electron chi connectivity index (χ3n) is 5.96. The number of fused-ring (bicyclic) bond motifs is 1. The molecule has 2 nitrogen and oxygen atoms in total. The second kappa shape index (κ2) is 8.08. The number of nitrogens with one attached hydrogen (secondary N) is 1. The number of carbonyl (C=O) groups excluding carboxylic acids is 1. The molecule has 1 amide bonds. The highest BCUT2D eigenvalue weighted by molar-refractivity contribution is 6.44. The van der Waals surface area contributed by atoms with Crippen LogP contribution in [0.3, 0.4) is 0 Å². The zero-order valence-corrected chi connectivity index (χ0v) is 16.6. The molecule has 1 fully saturated rings. The number of anilines is 1. The third-order valence-corrected chi connectivity index (χ3v) is 6.78. The molecule has 0 spiro atoms. The van der Waals surface area contributed by atoms with Crippen LogP contribution < -0.4 is 5.32 Å². The molecule has 3 unspecified atom stereocenters. The van der Waals surface area contributed by atoms with E-state index < -0.39 is 0 Å². The van der Waals surface area contributed by atoms with E-state index in [1.807, 2.05) is 12.1 Å². The number of rotatable bonds is 3. The fraction of sp³-hybridized carbons (Fsp3) is 0.348. The molecule has 0 heterocycles. The lowest BCUT2D eigenvalue weighted by molar-refractivity contribution is 0.102. The van der Waals surface area contributed by atoms with Gasteiger partial charge in [-0.1, -0.05) is 66.4 Å². The average molecular weight is 400 g/mol. The highest BCUT2D eigenvalue weighted by Crippen LogP contribution is 2.45. The first-order chi connectivity index (χ1) is 13.1. The van der Waals surface area contributed by atoms with E-state index in [0.717, 1.165) is 17.5 Å². The summed E-state index contributed by atoms with van der Waals surface area (Å²) in [6.45, 7) is 0. The van der Waals surface area contributed by atoms with Crippen molar-refractivity contribution in [1.29, 1.82) is 0 Å². The van der Waals surface area contributed by atoms with Gasteiger partial charge >= 0.3 is 0 Å². The highest BCUT2D eigenvalue weighted by Gasteiger charge is 2.32. The SMILES string of the molecule is O=C(Nc1ccc(C2C=CCC3CCCCC32)cc1)c1cccc(Cl)c1Cl. The molecule has 140 valence electrons. The van der Waals surface area contributed by atoms with Crippen LogP contribution in [0.4, 0.5) is 5.69 Å². The van der Waals surface area contributed by atoms with E-state index in [0.29, 0.717) is 16.5 Å². The minimum absolute atomic E-state index is 0.250. The summed E-state index contributed by atoms with van der Waals surface area (Å²) in [7, 11) is 0. The summed E-state index contributed by atoms with van der Waals surface area (Å²) in [6.07, 6.45) is 11.4. The van der Waals surface area contributed by atoms with E-state index in [9.17, 15) is 4.79 Å². The molecular weight excluding hydrogens is 377 g/mol. The predicted octanol–water partition coefficient (Wildman–Crippen LogP) is 7.10. The van der Waals surface area contributed by atoms with E-state index in [-0.39, 0.29) is 10.9 Å². The van der Waals surface area contributed by atoms with Crippen molar-refractivity contribution in [2.75, 3.05) is 5.32 Å². The number of hydrogen-bond donors (Lipinski definition) is 1. The van der Waals surface area contributed by atoms with Crippen LogP contribution in [0.25, 0.3) is 0 Å². The van der Waals surface area contributed by atoms with Crippen LogP contribution in [-0.4, -0.2) is 5.91 Å². The van der Waals surface area contributed by atoms with Gasteiger partial charge in [0.15, 0.2) is 0 Å². The van der Waals surface area contributed by atoms with E-state index in [1.165, 1.54) is 37.7 Å². The molecule has 4 rings (SSSR count). The Morgan fingerprint density at radius 3 is 2.59 bits per heavy atom. The molecule has 0 bridgehead atoms. The van der Waals surface area contributed by atoms with Gasteiger partial charge in [0.05, 0.1) is 15.6 Å². The smallest absolute Gasteiger partial charge is 0.257 e. The van der Waals surface area contributed by atoms with E-state index >= 15 is 0 Å². The number of carbonyl (C=O) groups is 1. The maximum absolute atomic E-state index is 12.5. The van der Waals surface area contributed by atoms with Gasteiger partial charge in [-0.25, -0.2) is 0 Å². The van der Waals surface area contributed by atoms with Crippen molar-refractivity contribution >= 4 is 34.8 Å². The Morgan fingerprint density at radius 1 is 1.00 bits per heavy atom. The second-order valence-corrected chi connectivity index (χ2v) is 8.36. The van der Waals surface area contributed by atoms with E-state index in [2.05, 4.69) is 29.6 Å². The fourth-order valence-electron chi connectivity index (χ4n) is 4.57. The molecule has 1 N–H and O–H groups in total. The van der Waals surface area contributed by atoms with Gasteiger partial charge in [0.2, 0.25) is 0 Å². The molecular formula is C23H23Cl2NO. The Balaban J connectivity index is 1.49. The zero-order chi connectivity index (χ0) is 18.8. The van der Waals surface area contributed by atoms with Crippen LogP contribution in [0.15, 0.2) is 54.6 Å². The summed E-state index contributed by atoms with van der Waals surface area (Å²) in [6, 6.07) is 13.3. The van der Waals surface area contributed by atoms with Crippen LogP contribution in [0, 0.1) is 11.8 Å². The lowest BCUT2D eigenvalue weighted by Crippen LogP contribution is -2.27. The summed E-state index contributed by atoms with van der Waals surface area (Å²) in [4.78, 5) is 12.5. The Morgan fingerprint density at radius 2 is 1.78 bits per heavy atom. The topological polar surface area (TPSA) is 29.1 Å². The van der Waals surface area contributed by atoms with Crippen molar-refractivity contribution in [2.45, 2.75) is 38.0 Å². The summed E-state index contributed by atoms with van der Waals surface area (Å²) < 4.78 is 0. The number of halogens is 2. The highest BCUT2D eigenvalue weighted by atomic mass is 35.5. The first-order valence-corrected chi connectivity index (χ1v) is 10.4. The molecule has 1 saturated carbocycles. The molecule has 0 aromatic heterocycles. The first-order valence-electron chi connectivity index (χ1n) is 9.65. The van der Waals surface area contributed by atoms with Gasteiger partial charge in [-0.05, 0) is 60.9 Å². The minimum Gasteiger partial charge on any atom is -0.322 e. The number of benzene rings is 2. The summed E-state index contributed by atoms with van der Waals surface area (Å²) in [5, 5.41) is 3.57. The molecule has 2 aromatic carbocycles. The molecule has 2 aliphatic rings. The van der Waals surface area contributed by atoms with Crippen molar-refractivity contribution in [3.63, 3.8) is 0 Å². The van der Waals surface area contributed by atoms with Crippen molar-refractivity contribution in [2.24, 2.45) is 11.8 Å². The molecule has 27 heavy (non-hydrogen) atoms. The zero-order valence-electron chi connectivity index (χ0n) is 15.1. The Hall–Kier alpha value is -1.77. The van der Waals surface area contributed by atoms with Crippen molar-refractivity contribution in [1.82, 2.24) is 0 Å². The van der Waals surface area contributed by atoms with Crippen LogP contribution in [0.5, 0.6) is 0 Å². The summed E-state index contributed by atoms with van der Waals surface area (Å²) in [5.41, 5.74) is 2.48. The first kappa shape index (κ1) is 18.6. The van der Waals surface area contributed by atoms with Gasteiger partial charge in [0, 0.05) is 11.6 Å². The molecule has 2 aromatic rings. The predicted molar refractivity (Wildman–Crippen MR) is 113 cm³/mol. The van der Waals surface area contributed by atoms with E-state index in [4.69, 9.17) is 23.2 Å². The molecule has 3 atom stereocenters. The van der Waals surface area contributed by atoms with Gasteiger partial charge in [-0.15, -0.1) is 0 Å². The molecule has 2 aliphatic carbocycles. The molecule has 0 aliphatic heterocycles. The number of allylic oxidation sites excluding steroid dienone is 2. The van der Waals surface area contributed by atoms with Crippen LogP contribution >= 0.6 is 23.2 Å². The van der Waals surface area contributed by atoms with E-state index in [1.54, 1.807) is 18.2 Å². The van der Waals surface area contributed by atoms with Crippen molar-refractivity contribution in [3.8, 4) is 0 Å². The van der Waals surface area contributed by atoms with Crippen molar-refractivity contribution in [3.05, 3.63) is 75.8 Å². The molecule has 0 radical (unpaired) electrons. The number of amides is 1. The monoisotopic (exact) mass is 399 g/mol. The van der Waals surface area contributed by atoms with Crippen LogP contribution in [-0.2, 0) is 0 Å². The van der Waals surface area contributed by atoms with Gasteiger partial charge in [-0.3, -0.25) is 4.79 Å². The summed E-state index contributed by atoms with van der Waals surface area (Å²) in [5.74, 6) is 1.84. The van der Waals surface area contributed by atoms with Gasteiger partial charge in [0.1, 0.15) is 0 Å². The third kappa shape index (κ3) is 3.93. The largest absolute Gasteiger partial charge is 0.322 e. The average Bonchev–Trinajstić information content (AvgIpc) is 2.70. The van der Waals surface area contributed by atoms with Crippen molar-refractivity contribution < 1.29 is 4.79 Å². The standard InChI is InChI=1S/C23H23Cl2NO/c24-21-10-4-9-20(22(21)25)23(27)26-17-13-11-16(12-14-17)19-8-3-6-15-5-1-2-7-18(15)19/h3-4,8-15,18-19H,1-2,5-7H2,(H,26,27). The van der Waals surface area contributed by atoms with Gasteiger partial charge < -0.3 is 5.32 Å². The Labute approximate surface area is 170 Å². The molecule has 4 heteroatoms. The summed E-state index contributed by atoms with van der Waals surface area (Å²) >= 11 is 12.2. The van der Waals surface area contributed by atoms with Crippen LogP contribution in [0.2, 0.25) is 10.0 Å². The lowest BCUT2D eigenvalue weighted by Gasteiger charge is -2.38. The molecule has 0 saturated heterocycles. The Kier molecular flexibility index (Phi) is 5.56. The maximum Gasteiger partial charge on any atom is 0.257 e. The van der Waals surface area contributed by atoms with Gasteiger partial charge in [-0.2, -0.15) is 0 Å².